The van der Waals surface area contributed by atoms with E-state index in [0.717, 1.165) is 22.6 Å². The molecule has 0 saturated carbocycles. The molecule has 0 unspecified atom stereocenters. The second-order valence-electron chi connectivity index (χ2n) is 10.1. The van der Waals surface area contributed by atoms with Crippen molar-refractivity contribution in [3.63, 3.8) is 0 Å². The van der Waals surface area contributed by atoms with Crippen molar-refractivity contribution in [3.05, 3.63) is 57.3 Å². The number of rotatable bonds is 4. The molecule has 1 amide bonds. The van der Waals surface area contributed by atoms with Gasteiger partial charge < -0.3 is 18.6 Å². The molecule has 2 bridgehead atoms. The lowest BCUT2D eigenvalue weighted by molar-refractivity contribution is -0.118. The summed E-state index contributed by atoms with van der Waals surface area (Å²) in [6, 6.07) is 9.39. The number of ether oxygens (including phenoxy) is 2. The quantitative estimate of drug-likeness (QED) is 0.451. The normalized spacial score (nSPS) is 22.3. The van der Waals surface area contributed by atoms with E-state index in [4.69, 9.17) is 13.7 Å². The van der Waals surface area contributed by atoms with E-state index in [1.54, 1.807) is 9.30 Å². The van der Waals surface area contributed by atoms with Gasteiger partial charge in [-0.3, -0.25) is 9.20 Å². The number of likely N-dealkylation sites (tertiary alicyclic amines) is 1. The maximum atomic E-state index is 12.7. The molecule has 186 valence electrons. The Morgan fingerprint density at radius 3 is 2.51 bits per heavy atom. The maximum Gasteiger partial charge on any atom is 0.410 e. The topological polar surface area (TPSA) is 82.4 Å². The predicted octanol–water partition coefficient (Wildman–Crippen LogP) is 5.03. The largest absolute Gasteiger partial charge is 0.444 e. The lowest BCUT2D eigenvalue weighted by Crippen LogP contribution is -2.54. The maximum absolute atomic E-state index is 12.7. The molecule has 2 aromatic heterocycles. The van der Waals surface area contributed by atoms with Gasteiger partial charge in [0.25, 0.3) is 5.56 Å². The van der Waals surface area contributed by atoms with Gasteiger partial charge in [0.1, 0.15) is 5.60 Å². The van der Waals surface area contributed by atoms with Crippen molar-refractivity contribution in [3.8, 4) is 5.88 Å². The predicted molar refractivity (Wildman–Crippen MR) is 135 cm³/mol. The van der Waals surface area contributed by atoms with Crippen LogP contribution in [0.4, 0.5) is 4.79 Å². The second kappa shape index (κ2) is 9.48. The minimum absolute atomic E-state index is 0.0558. The number of aromatic nitrogens is 2. The number of morpholine rings is 1. The lowest BCUT2D eigenvalue weighted by Gasteiger charge is -2.44. The molecule has 3 aromatic rings. The molecule has 2 aliphatic rings. The number of benzene rings is 1. The van der Waals surface area contributed by atoms with E-state index in [1.165, 1.54) is 35.0 Å². The van der Waals surface area contributed by atoms with Gasteiger partial charge in [0, 0.05) is 16.0 Å². The highest BCUT2D eigenvalue weighted by Gasteiger charge is 2.40. The number of fused-ring (bicyclic) bond motifs is 3. The SMILES string of the molecule is Cc1ccc(SOc2cc(=O)n3cc([C@H]4C[C@@H]5CN(C(=O)OC(C)(C)C)C[C@H](C4)O5)sc3n2)cc1. The van der Waals surface area contributed by atoms with Crippen LogP contribution in [0.15, 0.2) is 46.2 Å². The molecule has 2 aliphatic heterocycles. The molecular formula is C25H29N3O5S2. The number of amides is 1. The fourth-order valence-corrected chi connectivity index (χ4v) is 6.06. The summed E-state index contributed by atoms with van der Waals surface area (Å²) in [5, 5.41) is 0. The summed E-state index contributed by atoms with van der Waals surface area (Å²) in [6.07, 6.45) is 3.06. The number of thiazole rings is 1. The number of aryl methyl sites for hydroxylation is 1. The number of nitrogens with zero attached hydrogens (tertiary/aromatic N) is 3. The Kier molecular flexibility index (Phi) is 6.54. The Labute approximate surface area is 212 Å². The van der Waals surface area contributed by atoms with Crippen LogP contribution in [-0.2, 0) is 9.47 Å². The first-order valence-electron chi connectivity index (χ1n) is 11.7. The smallest absolute Gasteiger partial charge is 0.410 e. The molecule has 4 heterocycles. The summed E-state index contributed by atoms with van der Waals surface area (Å²) in [4.78, 5) is 34.2. The number of carbonyl (C=O) groups excluding carboxylic acids is 1. The molecule has 2 saturated heterocycles. The first-order valence-corrected chi connectivity index (χ1v) is 13.3. The first-order chi connectivity index (χ1) is 16.6. The van der Waals surface area contributed by atoms with E-state index >= 15 is 0 Å². The molecule has 35 heavy (non-hydrogen) atoms. The zero-order chi connectivity index (χ0) is 24.7. The number of carbonyl (C=O) groups is 1. The molecule has 10 heteroatoms. The number of hydrogen-bond acceptors (Lipinski definition) is 8. The monoisotopic (exact) mass is 515 g/mol. The van der Waals surface area contributed by atoms with Gasteiger partial charge in [0.2, 0.25) is 5.88 Å². The van der Waals surface area contributed by atoms with Gasteiger partial charge in [-0.05, 0) is 58.6 Å². The molecule has 5 rings (SSSR count). The van der Waals surface area contributed by atoms with Crippen molar-refractivity contribution < 1.29 is 18.5 Å². The summed E-state index contributed by atoms with van der Waals surface area (Å²) in [6.45, 7) is 8.67. The Bertz CT molecular complexity index is 1270. The highest BCUT2D eigenvalue weighted by Crippen LogP contribution is 2.39. The van der Waals surface area contributed by atoms with Crippen LogP contribution in [0.25, 0.3) is 4.96 Å². The Morgan fingerprint density at radius 1 is 1.17 bits per heavy atom. The third-order valence-corrected chi connectivity index (χ3v) is 7.85. The lowest BCUT2D eigenvalue weighted by atomic mass is 9.88. The van der Waals surface area contributed by atoms with Crippen molar-refractivity contribution in [1.29, 1.82) is 0 Å². The summed E-state index contributed by atoms with van der Waals surface area (Å²) < 4.78 is 19.0. The van der Waals surface area contributed by atoms with Gasteiger partial charge in [0.15, 0.2) is 4.96 Å². The van der Waals surface area contributed by atoms with Crippen molar-refractivity contribution >= 4 is 34.4 Å². The van der Waals surface area contributed by atoms with Crippen molar-refractivity contribution in [1.82, 2.24) is 14.3 Å². The van der Waals surface area contributed by atoms with E-state index < -0.39 is 5.60 Å². The van der Waals surface area contributed by atoms with Crippen LogP contribution in [0, 0.1) is 6.92 Å². The molecule has 0 radical (unpaired) electrons. The standard InChI is InChI=1S/C25H29N3O5S2/c1-15-5-7-19(8-6-15)35-33-21-11-22(29)28-14-20(34-23(28)26-21)16-9-17-12-27(13-18(10-16)31-17)24(30)32-25(2,3)4/h5-8,11,14,16-18H,9-10,12-13H2,1-4H3/t16-,17+,18-. The summed E-state index contributed by atoms with van der Waals surface area (Å²) in [5.41, 5.74) is 0.486. The van der Waals surface area contributed by atoms with Crippen LogP contribution < -0.4 is 9.74 Å². The second-order valence-corrected chi connectivity index (χ2v) is 12.0. The van der Waals surface area contributed by atoms with Gasteiger partial charge in [-0.1, -0.05) is 17.7 Å². The van der Waals surface area contributed by atoms with E-state index in [-0.39, 0.29) is 29.8 Å². The van der Waals surface area contributed by atoms with Crippen LogP contribution in [0.3, 0.4) is 0 Å². The zero-order valence-electron chi connectivity index (χ0n) is 20.2. The molecule has 0 spiro atoms. The third-order valence-electron chi connectivity index (χ3n) is 5.99. The van der Waals surface area contributed by atoms with E-state index in [9.17, 15) is 9.59 Å². The van der Waals surface area contributed by atoms with Crippen LogP contribution in [0.1, 0.15) is 50.0 Å². The zero-order valence-corrected chi connectivity index (χ0v) is 21.9. The van der Waals surface area contributed by atoms with Crippen molar-refractivity contribution in [2.24, 2.45) is 0 Å². The summed E-state index contributed by atoms with van der Waals surface area (Å²) >= 11 is 2.70. The Hall–Kier alpha value is -2.56. The Morgan fingerprint density at radius 2 is 1.86 bits per heavy atom. The minimum atomic E-state index is -0.522. The fourth-order valence-electron chi connectivity index (χ4n) is 4.44. The number of hydrogen-bond donors (Lipinski definition) is 0. The summed E-state index contributed by atoms with van der Waals surface area (Å²) in [7, 11) is 0. The van der Waals surface area contributed by atoms with Gasteiger partial charge in [-0.15, -0.1) is 11.3 Å². The van der Waals surface area contributed by atoms with Gasteiger partial charge in [-0.25, -0.2) is 4.79 Å². The Balaban J connectivity index is 1.27. The fraction of sp³-hybridized carbons (Fsp3) is 0.480. The van der Waals surface area contributed by atoms with E-state index in [0.29, 0.717) is 23.9 Å². The molecular weight excluding hydrogens is 486 g/mol. The molecule has 0 N–H and O–H groups in total. The average Bonchev–Trinajstić information content (AvgIpc) is 3.22. The van der Waals surface area contributed by atoms with E-state index in [2.05, 4.69) is 4.98 Å². The van der Waals surface area contributed by atoms with E-state index in [1.807, 2.05) is 58.2 Å². The van der Waals surface area contributed by atoms with Crippen LogP contribution in [-0.4, -0.2) is 51.3 Å². The van der Waals surface area contributed by atoms with Crippen molar-refractivity contribution in [2.75, 3.05) is 13.1 Å². The van der Waals surface area contributed by atoms with Gasteiger partial charge in [-0.2, -0.15) is 4.98 Å². The molecule has 1 aromatic carbocycles. The van der Waals surface area contributed by atoms with Crippen LogP contribution in [0.5, 0.6) is 5.88 Å². The van der Waals surface area contributed by atoms with Crippen molar-refractivity contribution in [2.45, 2.75) is 69.2 Å². The first kappa shape index (κ1) is 24.1. The third kappa shape index (κ3) is 5.65. The average molecular weight is 516 g/mol. The van der Waals surface area contributed by atoms with Gasteiger partial charge >= 0.3 is 6.09 Å². The minimum Gasteiger partial charge on any atom is -0.444 e. The molecule has 2 fully saturated rings. The molecule has 8 nitrogen and oxygen atoms in total. The van der Waals surface area contributed by atoms with Crippen LogP contribution in [0.2, 0.25) is 0 Å². The highest BCUT2D eigenvalue weighted by atomic mass is 32.2. The summed E-state index contributed by atoms with van der Waals surface area (Å²) in [5.74, 6) is 0.544. The van der Waals surface area contributed by atoms with Crippen LogP contribution >= 0.6 is 23.4 Å². The molecule has 0 aliphatic carbocycles. The van der Waals surface area contributed by atoms with Gasteiger partial charge in [0.05, 0.1) is 43.4 Å². The molecule has 3 atom stereocenters. The highest BCUT2D eigenvalue weighted by molar-refractivity contribution is 7.95.